The SMILES string of the molecule is O=P(OCC1CCCO1)(Oc1ccccc1)Oc1ccccc1Cl. The first-order valence-corrected chi connectivity index (χ1v) is 9.53. The Balaban J connectivity index is 1.76. The van der Waals surface area contributed by atoms with Gasteiger partial charge >= 0.3 is 7.82 Å². The molecule has 0 spiro atoms. The molecule has 1 aliphatic heterocycles. The average molecular weight is 369 g/mol. The molecule has 0 saturated carbocycles. The van der Waals surface area contributed by atoms with E-state index in [1.165, 1.54) is 0 Å². The number of benzene rings is 2. The van der Waals surface area contributed by atoms with Crippen molar-refractivity contribution in [3.05, 3.63) is 59.6 Å². The second-order valence-corrected chi connectivity index (χ2v) is 7.23. The summed E-state index contributed by atoms with van der Waals surface area (Å²) in [6, 6.07) is 15.5. The molecule has 0 aliphatic carbocycles. The van der Waals surface area contributed by atoms with Crippen LogP contribution in [-0.2, 0) is 13.8 Å². The lowest BCUT2D eigenvalue weighted by molar-refractivity contribution is 0.0572. The zero-order chi connectivity index (χ0) is 16.8. The number of rotatable bonds is 7. The van der Waals surface area contributed by atoms with E-state index in [1.807, 2.05) is 6.07 Å². The summed E-state index contributed by atoms with van der Waals surface area (Å²) in [5.74, 6) is 0.631. The Morgan fingerprint density at radius 3 is 2.54 bits per heavy atom. The lowest BCUT2D eigenvalue weighted by Crippen LogP contribution is -2.16. The highest BCUT2D eigenvalue weighted by Gasteiger charge is 2.33. The number of hydrogen-bond acceptors (Lipinski definition) is 5. The Morgan fingerprint density at radius 2 is 1.83 bits per heavy atom. The fraction of sp³-hybridized carbons (Fsp3) is 0.294. The van der Waals surface area contributed by atoms with Gasteiger partial charge in [-0.2, -0.15) is 0 Å². The van der Waals surface area contributed by atoms with E-state index in [9.17, 15) is 4.57 Å². The first kappa shape index (κ1) is 17.3. The van der Waals surface area contributed by atoms with Crippen LogP contribution >= 0.6 is 19.4 Å². The standard InChI is InChI=1S/C17H18ClO5P/c18-16-10-4-5-11-17(16)23-24(19,21-13-15-9-6-12-20-15)22-14-7-2-1-3-8-14/h1-5,7-8,10-11,15H,6,9,12-13H2. The quantitative estimate of drug-likeness (QED) is 0.636. The van der Waals surface area contributed by atoms with E-state index < -0.39 is 7.82 Å². The zero-order valence-corrected chi connectivity index (χ0v) is 14.6. The van der Waals surface area contributed by atoms with Gasteiger partial charge in [0, 0.05) is 6.61 Å². The monoisotopic (exact) mass is 368 g/mol. The number of phosphoric ester groups is 1. The van der Waals surface area contributed by atoms with Crippen molar-refractivity contribution in [1.29, 1.82) is 0 Å². The van der Waals surface area contributed by atoms with Crippen molar-refractivity contribution in [2.24, 2.45) is 0 Å². The summed E-state index contributed by atoms with van der Waals surface area (Å²) in [5, 5.41) is 0.329. The molecule has 1 fully saturated rings. The summed E-state index contributed by atoms with van der Waals surface area (Å²) in [6.45, 7) is 0.817. The van der Waals surface area contributed by atoms with Crippen molar-refractivity contribution in [1.82, 2.24) is 0 Å². The topological polar surface area (TPSA) is 54.0 Å². The molecule has 5 nitrogen and oxygen atoms in total. The van der Waals surface area contributed by atoms with Gasteiger partial charge in [-0.05, 0) is 37.1 Å². The molecule has 0 amide bonds. The maximum atomic E-state index is 13.1. The van der Waals surface area contributed by atoms with Gasteiger partial charge in [-0.3, -0.25) is 4.52 Å². The molecule has 0 bridgehead atoms. The van der Waals surface area contributed by atoms with Crippen LogP contribution in [0.25, 0.3) is 0 Å². The molecule has 128 valence electrons. The molecule has 2 aromatic carbocycles. The van der Waals surface area contributed by atoms with Gasteiger partial charge in [0.2, 0.25) is 0 Å². The summed E-state index contributed by atoms with van der Waals surface area (Å²) < 4.78 is 35.1. The summed E-state index contributed by atoms with van der Waals surface area (Å²) in [7, 11) is -3.91. The number of ether oxygens (including phenoxy) is 1. The third-order valence-corrected chi connectivity index (χ3v) is 5.08. The Morgan fingerprint density at radius 1 is 1.08 bits per heavy atom. The van der Waals surface area contributed by atoms with Crippen molar-refractivity contribution >= 4 is 19.4 Å². The lowest BCUT2D eigenvalue weighted by Gasteiger charge is -2.21. The largest absolute Gasteiger partial charge is 0.587 e. The highest BCUT2D eigenvalue weighted by molar-refractivity contribution is 7.49. The third-order valence-electron chi connectivity index (χ3n) is 3.45. The van der Waals surface area contributed by atoms with E-state index in [4.69, 9.17) is 29.9 Å². The van der Waals surface area contributed by atoms with Crippen molar-refractivity contribution < 1.29 is 22.9 Å². The van der Waals surface area contributed by atoms with Gasteiger partial charge in [-0.1, -0.05) is 41.9 Å². The zero-order valence-electron chi connectivity index (χ0n) is 13.0. The molecule has 0 N–H and O–H groups in total. The maximum Gasteiger partial charge on any atom is 0.587 e. The Bertz CT molecular complexity index is 703. The number of hydrogen-bond donors (Lipinski definition) is 0. The third kappa shape index (κ3) is 4.74. The second kappa shape index (κ2) is 8.04. The van der Waals surface area contributed by atoms with E-state index in [2.05, 4.69) is 0 Å². The first-order chi connectivity index (χ1) is 11.6. The smallest absolute Gasteiger partial charge is 0.395 e. The Labute approximate surface area is 146 Å². The van der Waals surface area contributed by atoms with E-state index in [1.54, 1.807) is 48.5 Å². The second-order valence-electron chi connectivity index (χ2n) is 5.30. The number of phosphoric acid groups is 1. The van der Waals surface area contributed by atoms with Gasteiger partial charge < -0.3 is 13.8 Å². The normalized spacial score (nSPS) is 19.6. The van der Waals surface area contributed by atoms with E-state index in [0.717, 1.165) is 12.8 Å². The van der Waals surface area contributed by atoms with Crippen LogP contribution in [0, 0.1) is 0 Å². The maximum absolute atomic E-state index is 13.1. The number of para-hydroxylation sites is 2. The van der Waals surface area contributed by atoms with Crippen LogP contribution in [0.15, 0.2) is 54.6 Å². The molecule has 3 rings (SSSR count). The molecule has 7 heteroatoms. The molecule has 2 atom stereocenters. The summed E-state index contributed by atoms with van der Waals surface area (Å²) in [6.07, 6.45) is 1.72. The van der Waals surface area contributed by atoms with Crippen LogP contribution in [0.1, 0.15) is 12.8 Å². The minimum atomic E-state index is -3.91. The van der Waals surface area contributed by atoms with Crippen LogP contribution in [0.2, 0.25) is 5.02 Å². The van der Waals surface area contributed by atoms with Crippen LogP contribution in [0.5, 0.6) is 11.5 Å². The highest BCUT2D eigenvalue weighted by atomic mass is 35.5. The fourth-order valence-electron chi connectivity index (χ4n) is 2.27. The van der Waals surface area contributed by atoms with Crippen LogP contribution in [-0.4, -0.2) is 19.3 Å². The molecule has 2 unspecified atom stereocenters. The minimum absolute atomic E-state index is 0.104. The minimum Gasteiger partial charge on any atom is -0.395 e. The molecule has 0 aromatic heterocycles. The van der Waals surface area contributed by atoms with Gasteiger partial charge in [0.05, 0.1) is 17.7 Å². The van der Waals surface area contributed by atoms with Crippen LogP contribution in [0.3, 0.4) is 0 Å². The molecular formula is C17H18ClO5P. The molecule has 1 saturated heterocycles. The molecule has 0 radical (unpaired) electrons. The summed E-state index contributed by atoms with van der Waals surface area (Å²) in [4.78, 5) is 0. The Hall–Kier alpha value is -1.52. The van der Waals surface area contributed by atoms with Gasteiger partial charge in [-0.15, -0.1) is 0 Å². The molecule has 1 heterocycles. The van der Waals surface area contributed by atoms with Gasteiger partial charge in [0.25, 0.3) is 0 Å². The van der Waals surface area contributed by atoms with Gasteiger partial charge in [0.15, 0.2) is 5.75 Å². The highest BCUT2D eigenvalue weighted by Crippen LogP contribution is 2.51. The molecule has 24 heavy (non-hydrogen) atoms. The van der Waals surface area contributed by atoms with Crippen molar-refractivity contribution in [2.45, 2.75) is 18.9 Å². The van der Waals surface area contributed by atoms with E-state index >= 15 is 0 Å². The average Bonchev–Trinajstić information content (AvgIpc) is 3.10. The number of halogens is 1. The van der Waals surface area contributed by atoms with Crippen LogP contribution in [0.4, 0.5) is 0 Å². The fourth-order valence-corrected chi connectivity index (χ4v) is 3.77. The molecule has 1 aliphatic rings. The van der Waals surface area contributed by atoms with E-state index in [-0.39, 0.29) is 18.5 Å². The predicted octanol–water partition coefficient (Wildman–Crippen LogP) is 5.10. The van der Waals surface area contributed by atoms with Gasteiger partial charge in [0.1, 0.15) is 5.75 Å². The van der Waals surface area contributed by atoms with Gasteiger partial charge in [-0.25, -0.2) is 4.57 Å². The van der Waals surface area contributed by atoms with E-state index in [0.29, 0.717) is 17.4 Å². The van der Waals surface area contributed by atoms with Crippen LogP contribution < -0.4 is 9.05 Å². The predicted molar refractivity (Wildman–Crippen MR) is 91.7 cm³/mol. The Kier molecular flexibility index (Phi) is 5.80. The van der Waals surface area contributed by atoms with Crippen molar-refractivity contribution in [2.75, 3.05) is 13.2 Å². The first-order valence-electron chi connectivity index (χ1n) is 7.70. The lowest BCUT2D eigenvalue weighted by atomic mass is 10.2. The summed E-state index contributed by atoms with van der Waals surface area (Å²) >= 11 is 6.08. The molecular weight excluding hydrogens is 351 g/mol. The summed E-state index contributed by atoms with van der Waals surface area (Å²) in [5.41, 5.74) is 0. The van der Waals surface area contributed by atoms with Crippen molar-refractivity contribution in [3.8, 4) is 11.5 Å². The molecule has 2 aromatic rings. The van der Waals surface area contributed by atoms with Crippen molar-refractivity contribution in [3.63, 3.8) is 0 Å².